The van der Waals surface area contributed by atoms with E-state index in [0.29, 0.717) is 5.56 Å². The van der Waals surface area contributed by atoms with Crippen molar-refractivity contribution in [2.45, 2.75) is 18.7 Å². The molecule has 84 valence electrons. The van der Waals surface area contributed by atoms with Crippen LogP contribution in [0.15, 0.2) is 28.7 Å². The number of methoxy groups -OCH3 is 1. The van der Waals surface area contributed by atoms with E-state index >= 15 is 0 Å². The zero-order valence-corrected chi connectivity index (χ0v) is 9.60. The lowest BCUT2D eigenvalue weighted by molar-refractivity contribution is -0.158. The van der Waals surface area contributed by atoms with Crippen molar-refractivity contribution in [1.82, 2.24) is 0 Å². The molecule has 0 fully saturated rings. The molecule has 1 aromatic carbocycles. The minimum atomic E-state index is -4.22. The second-order valence-corrected chi connectivity index (χ2v) is 4.01. The van der Waals surface area contributed by atoms with Gasteiger partial charge < -0.3 is 4.74 Å². The average molecular weight is 283 g/mol. The highest BCUT2D eigenvalue weighted by atomic mass is 79.9. The molecule has 1 atom stereocenters. The SMILES string of the molecule is COC(CC(F)(F)F)c1cccc(Br)c1. The second kappa shape index (κ2) is 4.99. The van der Waals surface area contributed by atoms with Gasteiger partial charge in [-0.05, 0) is 17.7 Å². The van der Waals surface area contributed by atoms with Crippen molar-refractivity contribution in [3.63, 3.8) is 0 Å². The molecule has 1 nitrogen and oxygen atoms in total. The van der Waals surface area contributed by atoms with Crippen LogP contribution in [0.4, 0.5) is 13.2 Å². The molecule has 0 radical (unpaired) electrons. The van der Waals surface area contributed by atoms with Gasteiger partial charge in [0.05, 0.1) is 12.5 Å². The zero-order chi connectivity index (χ0) is 11.5. The lowest BCUT2D eigenvalue weighted by atomic mass is 10.1. The van der Waals surface area contributed by atoms with Gasteiger partial charge >= 0.3 is 6.18 Å². The third-order valence-electron chi connectivity index (χ3n) is 1.92. The fraction of sp³-hybridized carbons (Fsp3) is 0.400. The molecule has 15 heavy (non-hydrogen) atoms. The Kier molecular flexibility index (Phi) is 4.16. The Bertz CT molecular complexity index is 325. The Morgan fingerprint density at radius 3 is 2.53 bits per heavy atom. The number of benzene rings is 1. The molecule has 0 aliphatic carbocycles. The number of ether oxygens (including phenoxy) is 1. The summed E-state index contributed by atoms with van der Waals surface area (Å²) in [5, 5.41) is 0. The predicted octanol–water partition coefficient (Wildman–Crippen LogP) is 4.09. The number of alkyl halides is 3. The van der Waals surface area contributed by atoms with Gasteiger partial charge in [0.15, 0.2) is 0 Å². The minimum Gasteiger partial charge on any atom is -0.376 e. The second-order valence-electron chi connectivity index (χ2n) is 3.10. The Hall–Kier alpha value is -0.550. The molecule has 0 amide bonds. The first kappa shape index (κ1) is 12.5. The monoisotopic (exact) mass is 282 g/mol. The summed E-state index contributed by atoms with van der Waals surface area (Å²) in [4.78, 5) is 0. The summed E-state index contributed by atoms with van der Waals surface area (Å²) in [5.41, 5.74) is 0.518. The van der Waals surface area contributed by atoms with E-state index in [2.05, 4.69) is 15.9 Å². The van der Waals surface area contributed by atoms with Crippen LogP contribution in [-0.4, -0.2) is 13.3 Å². The van der Waals surface area contributed by atoms with Crippen LogP contribution >= 0.6 is 15.9 Å². The zero-order valence-electron chi connectivity index (χ0n) is 8.01. The lowest BCUT2D eigenvalue weighted by Gasteiger charge is -2.17. The molecule has 5 heteroatoms. The Morgan fingerprint density at radius 1 is 1.40 bits per heavy atom. The van der Waals surface area contributed by atoms with Crippen LogP contribution in [0.25, 0.3) is 0 Å². The van der Waals surface area contributed by atoms with Crippen molar-refractivity contribution >= 4 is 15.9 Å². The molecular weight excluding hydrogens is 273 g/mol. The molecule has 0 N–H and O–H groups in total. The average Bonchev–Trinajstić information content (AvgIpc) is 2.13. The maximum absolute atomic E-state index is 12.2. The molecule has 0 aromatic heterocycles. The van der Waals surface area contributed by atoms with E-state index in [1.54, 1.807) is 24.3 Å². The molecule has 0 heterocycles. The van der Waals surface area contributed by atoms with Gasteiger partial charge in [-0.25, -0.2) is 0 Å². The van der Waals surface area contributed by atoms with Gasteiger partial charge in [0.25, 0.3) is 0 Å². The van der Waals surface area contributed by atoms with E-state index in [4.69, 9.17) is 4.74 Å². The number of halogens is 4. The summed E-state index contributed by atoms with van der Waals surface area (Å²) >= 11 is 3.20. The van der Waals surface area contributed by atoms with Crippen molar-refractivity contribution in [3.8, 4) is 0 Å². The summed E-state index contributed by atoms with van der Waals surface area (Å²) in [7, 11) is 1.28. The molecule has 0 saturated carbocycles. The van der Waals surface area contributed by atoms with Gasteiger partial charge in [0.1, 0.15) is 0 Å². The molecule has 0 spiro atoms. The Balaban J connectivity index is 2.83. The first-order valence-electron chi connectivity index (χ1n) is 4.27. The Labute approximate surface area is 94.4 Å². The minimum absolute atomic E-state index is 0.518. The van der Waals surface area contributed by atoms with Gasteiger partial charge in [0.2, 0.25) is 0 Å². The maximum atomic E-state index is 12.2. The van der Waals surface area contributed by atoms with Crippen molar-refractivity contribution in [2.24, 2.45) is 0 Å². The summed E-state index contributed by atoms with van der Waals surface area (Å²) < 4.78 is 42.1. The first-order valence-corrected chi connectivity index (χ1v) is 5.06. The topological polar surface area (TPSA) is 9.23 Å². The smallest absolute Gasteiger partial charge is 0.376 e. The fourth-order valence-electron chi connectivity index (χ4n) is 1.25. The molecule has 0 saturated heterocycles. The molecular formula is C10H10BrF3O. The Morgan fingerprint density at radius 2 is 2.07 bits per heavy atom. The number of hydrogen-bond acceptors (Lipinski definition) is 1. The van der Waals surface area contributed by atoms with Crippen LogP contribution in [0, 0.1) is 0 Å². The third-order valence-corrected chi connectivity index (χ3v) is 2.42. The van der Waals surface area contributed by atoms with E-state index in [0.717, 1.165) is 4.47 Å². The van der Waals surface area contributed by atoms with Gasteiger partial charge in [-0.1, -0.05) is 28.1 Å². The molecule has 0 aliphatic rings. The van der Waals surface area contributed by atoms with Gasteiger partial charge in [-0.2, -0.15) is 13.2 Å². The fourth-order valence-corrected chi connectivity index (χ4v) is 1.67. The summed E-state index contributed by atoms with van der Waals surface area (Å²) in [5.74, 6) is 0. The van der Waals surface area contributed by atoms with Crippen LogP contribution in [0.5, 0.6) is 0 Å². The maximum Gasteiger partial charge on any atom is 0.391 e. The molecule has 1 rings (SSSR count). The molecule has 1 aromatic rings. The van der Waals surface area contributed by atoms with Crippen LogP contribution in [-0.2, 0) is 4.74 Å². The number of rotatable bonds is 3. The van der Waals surface area contributed by atoms with Gasteiger partial charge in [-0.3, -0.25) is 0 Å². The van der Waals surface area contributed by atoms with Crippen molar-refractivity contribution in [3.05, 3.63) is 34.3 Å². The van der Waals surface area contributed by atoms with E-state index in [1.165, 1.54) is 7.11 Å². The lowest BCUT2D eigenvalue weighted by Crippen LogP contribution is -2.15. The predicted molar refractivity (Wildman–Crippen MR) is 54.6 cm³/mol. The molecule has 0 aliphatic heterocycles. The third kappa shape index (κ3) is 4.22. The van der Waals surface area contributed by atoms with Crippen LogP contribution in [0.2, 0.25) is 0 Å². The van der Waals surface area contributed by atoms with Crippen LogP contribution < -0.4 is 0 Å². The van der Waals surface area contributed by atoms with Crippen molar-refractivity contribution in [1.29, 1.82) is 0 Å². The van der Waals surface area contributed by atoms with Crippen LogP contribution in [0.1, 0.15) is 18.1 Å². The van der Waals surface area contributed by atoms with Crippen LogP contribution in [0.3, 0.4) is 0 Å². The van der Waals surface area contributed by atoms with E-state index in [1.807, 2.05) is 0 Å². The highest BCUT2D eigenvalue weighted by Gasteiger charge is 2.32. The quantitative estimate of drug-likeness (QED) is 0.811. The highest BCUT2D eigenvalue weighted by Crippen LogP contribution is 2.32. The van der Waals surface area contributed by atoms with E-state index in [9.17, 15) is 13.2 Å². The van der Waals surface area contributed by atoms with Crippen molar-refractivity contribution in [2.75, 3.05) is 7.11 Å². The molecule has 1 unspecified atom stereocenters. The number of hydrogen-bond donors (Lipinski definition) is 0. The first-order chi connectivity index (χ1) is 6.92. The largest absolute Gasteiger partial charge is 0.391 e. The summed E-state index contributed by atoms with van der Waals surface area (Å²) in [6.07, 6.45) is -6.13. The molecule has 0 bridgehead atoms. The van der Waals surface area contributed by atoms with E-state index in [-0.39, 0.29) is 0 Å². The van der Waals surface area contributed by atoms with Crippen molar-refractivity contribution < 1.29 is 17.9 Å². The summed E-state index contributed by atoms with van der Waals surface area (Å²) in [6, 6.07) is 6.68. The summed E-state index contributed by atoms with van der Waals surface area (Å²) in [6.45, 7) is 0. The van der Waals surface area contributed by atoms with Gasteiger partial charge in [0, 0.05) is 11.6 Å². The van der Waals surface area contributed by atoms with Gasteiger partial charge in [-0.15, -0.1) is 0 Å². The normalized spacial score (nSPS) is 13.9. The highest BCUT2D eigenvalue weighted by molar-refractivity contribution is 9.10. The standard InChI is InChI=1S/C10H10BrF3O/c1-15-9(6-10(12,13)14)7-3-2-4-8(11)5-7/h2-5,9H,6H2,1H3. The van der Waals surface area contributed by atoms with E-state index < -0.39 is 18.7 Å².